The van der Waals surface area contributed by atoms with Crippen LogP contribution in [0, 0.1) is 0 Å². The van der Waals surface area contributed by atoms with E-state index >= 15 is 0 Å². The SMILES string of the molecule is COCCOc1ccccc1C(=O)NNC(=O)c1ccc(Cl)cc1. The number of amides is 2. The van der Waals surface area contributed by atoms with Crippen LogP contribution in [0.25, 0.3) is 0 Å². The van der Waals surface area contributed by atoms with Gasteiger partial charge in [0.25, 0.3) is 11.8 Å². The van der Waals surface area contributed by atoms with Crippen molar-refractivity contribution in [3.63, 3.8) is 0 Å². The molecule has 126 valence electrons. The number of ether oxygens (including phenoxy) is 2. The van der Waals surface area contributed by atoms with Gasteiger partial charge in [0, 0.05) is 17.7 Å². The molecule has 0 aliphatic rings. The molecule has 0 saturated carbocycles. The lowest BCUT2D eigenvalue weighted by molar-refractivity contribution is 0.0842. The molecule has 0 fully saturated rings. The van der Waals surface area contributed by atoms with Gasteiger partial charge in [-0.05, 0) is 36.4 Å². The lowest BCUT2D eigenvalue weighted by Crippen LogP contribution is -2.41. The van der Waals surface area contributed by atoms with Gasteiger partial charge < -0.3 is 9.47 Å². The predicted molar refractivity (Wildman–Crippen MR) is 90.2 cm³/mol. The van der Waals surface area contributed by atoms with Gasteiger partial charge in [-0.25, -0.2) is 0 Å². The Labute approximate surface area is 144 Å². The maximum absolute atomic E-state index is 12.2. The normalized spacial score (nSPS) is 10.1. The van der Waals surface area contributed by atoms with E-state index in [0.717, 1.165) is 0 Å². The second-order valence-electron chi connectivity index (χ2n) is 4.75. The minimum Gasteiger partial charge on any atom is -0.490 e. The highest BCUT2D eigenvalue weighted by molar-refractivity contribution is 6.30. The number of halogens is 1. The summed E-state index contributed by atoms with van der Waals surface area (Å²) < 4.78 is 10.4. The van der Waals surface area contributed by atoms with Crippen molar-refractivity contribution in [2.45, 2.75) is 0 Å². The van der Waals surface area contributed by atoms with Crippen LogP contribution in [0.1, 0.15) is 20.7 Å². The third-order valence-corrected chi connectivity index (χ3v) is 3.32. The summed E-state index contributed by atoms with van der Waals surface area (Å²) in [6.45, 7) is 0.723. The van der Waals surface area contributed by atoms with Crippen LogP contribution in [-0.2, 0) is 4.74 Å². The van der Waals surface area contributed by atoms with E-state index in [1.165, 1.54) is 0 Å². The van der Waals surface area contributed by atoms with Crippen molar-refractivity contribution in [1.29, 1.82) is 0 Å². The fraction of sp³-hybridized carbons (Fsp3) is 0.176. The molecule has 0 unspecified atom stereocenters. The van der Waals surface area contributed by atoms with E-state index in [9.17, 15) is 9.59 Å². The Morgan fingerprint density at radius 3 is 2.33 bits per heavy atom. The second-order valence-corrected chi connectivity index (χ2v) is 5.19. The van der Waals surface area contributed by atoms with E-state index in [1.807, 2.05) is 0 Å². The first-order valence-electron chi connectivity index (χ1n) is 7.19. The van der Waals surface area contributed by atoms with Crippen LogP contribution in [0.4, 0.5) is 0 Å². The molecule has 0 aliphatic heterocycles. The Kier molecular flexibility index (Phi) is 6.60. The molecule has 7 heteroatoms. The molecule has 0 saturated heterocycles. The van der Waals surface area contributed by atoms with Gasteiger partial charge in [0.2, 0.25) is 0 Å². The molecule has 24 heavy (non-hydrogen) atoms. The van der Waals surface area contributed by atoms with Gasteiger partial charge in [-0.1, -0.05) is 23.7 Å². The minimum absolute atomic E-state index is 0.310. The van der Waals surface area contributed by atoms with Crippen molar-refractivity contribution >= 4 is 23.4 Å². The number of benzene rings is 2. The fourth-order valence-corrected chi connectivity index (χ4v) is 2.00. The average Bonchev–Trinajstić information content (AvgIpc) is 2.60. The molecule has 0 bridgehead atoms. The third-order valence-electron chi connectivity index (χ3n) is 3.07. The first-order valence-corrected chi connectivity index (χ1v) is 7.56. The molecule has 2 rings (SSSR count). The van der Waals surface area contributed by atoms with Crippen LogP contribution in [-0.4, -0.2) is 32.1 Å². The van der Waals surface area contributed by atoms with Crippen molar-refractivity contribution in [3.05, 3.63) is 64.7 Å². The van der Waals surface area contributed by atoms with Gasteiger partial charge in [0.1, 0.15) is 12.4 Å². The van der Waals surface area contributed by atoms with E-state index < -0.39 is 11.8 Å². The highest BCUT2D eigenvalue weighted by atomic mass is 35.5. The van der Waals surface area contributed by atoms with Crippen molar-refractivity contribution in [3.8, 4) is 5.75 Å². The molecule has 0 heterocycles. The highest BCUT2D eigenvalue weighted by Gasteiger charge is 2.13. The zero-order valence-corrected chi connectivity index (χ0v) is 13.8. The number of hydrogen-bond acceptors (Lipinski definition) is 4. The minimum atomic E-state index is -0.481. The van der Waals surface area contributed by atoms with Crippen LogP contribution < -0.4 is 15.6 Å². The Balaban J connectivity index is 1.97. The molecule has 6 nitrogen and oxygen atoms in total. The number of hydrazine groups is 1. The molecule has 2 aromatic carbocycles. The van der Waals surface area contributed by atoms with Gasteiger partial charge in [-0.2, -0.15) is 0 Å². The largest absolute Gasteiger partial charge is 0.490 e. The van der Waals surface area contributed by atoms with Crippen LogP contribution in [0.5, 0.6) is 5.75 Å². The topological polar surface area (TPSA) is 76.7 Å². The Bertz CT molecular complexity index is 704. The van der Waals surface area contributed by atoms with Crippen molar-refractivity contribution in [2.24, 2.45) is 0 Å². The van der Waals surface area contributed by atoms with E-state index in [0.29, 0.717) is 35.1 Å². The van der Waals surface area contributed by atoms with E-state index in [-0.39, 0.29) is 0 Å². The Morgan fingerprint density at radius 2 is 1.62 bits per heavy atom. The van der Waals surface area contributed by atoms with E-state index in [2.05, 4.69) is 10.9 Å². The summed E-state index contributed by atoms with van der Waals surface area (Å²) in [4.78, 5) is 24.2. The highest BCUT2D eigenvalue weighted by Crippen LogP contribution is 2.17. The molecule has 0 atom stereocenters. The van der Waals surface area contributed by atoms with E-state index in [4.69, 9.17) is 21.1 Å². The Morgan fingerprint density at radius 1 is 0.958 bits per heavy atom. The molecule has 2 aromatic rings. The first kappa shape index (κ1) is 17.8. The number of rotatable bonds is 6. The summed E-state index contributed by atoms with van der Waals surface area (Å²) in [6, 6.07) is 13.0. The van der Waals surface area contributed by atoms with Gasteiger partial charge in [0.05, 0.1) is 12.2 Å². The second kappa shape index (κ2) is 8.90. The number of nitrogens with one attached hydrogen (secondary N) is 2. The van der Waals surface area contributed by atoms with Crippen LogP contribution in [0.2, 0.25) is 5.02 Å². The first-order chi connectivity index (χ1) is 11.6. The number of carbonyl (C=O) groups excluding carboxylic acids is 2. The molecule has 2 amide bonds. The molecule has 0 aromatic heterocycles. The van der Waals surface area contributed by atoms with Crippen LogP contribution in [0.3, 0.4) is 0 Å². The van der Waals surface area contributed by atoms with Gasteiger partial charge in [-0.15, -0.1) is 0 Å². The zero-order valence-electron chi connectivity index (χ0n) is 13.0. The summed E-state index contributed by atoms with van der Waals surface area (Å²) in [6.07, 6.45) is 0. The smallest absolute Gasteiger partial charge is 0.273 e. The summed E-state index contributed by atoms with van der Waals surface area (Å²) >= 11 is 5.77. The number of carbonyl (C=O) groups is 2. The maximum Gasteiger partial charge on any atom is 0.273 e. The van der Waals surface area contributed by atoms with Crippen molar-refractivity contribution in [1.82, 2.24) is 10.9 Å². The average molecular weight is 349 g/mol. The quantitative estimate of drug-likeness (QED) is 0.621. The van der Waals surface area contributed by atoms with E-state index in [1.54, 1.807) is 55.6 Å². The predicted octanol–water partition coefficient (Wildman–Crippen LogP) is 2.44. The van der Waals surface area contributed by atoms with Crippen molar-refractivity contribution in [2.75, 3.05) is 20.3 Å². The van der Waals surface area contributed by atoms with Crippen LogP contribution in [0.15, 0.2) is 48.5 Å². The third kappa shape index (κ3) is 4.97. The van der Waals surface area contributed by atoms with Gasteiger partial charge in [0.15, 0.2) is 0 Å². The maximum atomic E-state index is 12.2. The molecular weight excluding hydrogens is 332 g/mol. The molecule has 0 radical (unpaired) electrons. The Hall–Kier alpha value is -2.57. The van der Waals surface area contributed by atoms with Gasteiger partial charge in [-0.3, -0.25) is 20.4 Å². The summed E-state index contributed by atoms with van der Waals surface area (Å²) in [5, 5.41) is 0.526. The zero-order chi connectivity index (χ0) is 17.4. The number of hydrogen-bond donors (Lipinski definition) is 2. The van der Waals surface area contributed by atoms with Crippen LogP contribution >= 0.6 is 11.6 Å². The molecular formula is C17H17ClN2O4. The number of methoxy groups -OCH3 is 1. The summed E-state index contributed by atoms with van der Waals surface area (Å²) in [5.74, 6) is -0.518. The molecule has 2 N–H and O–H groups in total. The van der Waals surface area contributed by atoms with Crippen molar-refractivity contribution < 1.29 is 19.1 Å². The number of para-hydroxylation sites is 1. The lowest BCUT2D eigenvalue weighted by atomic mass is 10.2. The lowest BCUT2D eigenvalue weighted by Gasteiger charge is -2.12. The molecule has 0 spiro atoms. The standard InChI is InChI=1S/C17H17ClN2O4/c1-23-10-11-24-15-5-3-2-4-14(15)17(22)20-19-16(21)12-6-8-13(18)9-7-12/h2-9H,10-11H2,1H3,(H,19,21)(H,20,22). The fourth-order valence-electron chi connectivity index (χ4n) is 1.87. The summed E-state index contributed by atoms with van der Waals surface area (Å²) in [7, 11) is 1.56. The summed E-state index contributed by atoms with van der Waals surface area (Å²) in [5.41, 5.74) is 5.40. The molecule has 0 aliphatic carbocycles. The van der Waals surface area contributed by atoms with Gasteiger partial charge >= 0.3 is 0 Å². The monoisotopic (exact) mass is 348 g/mol.